The zero-order valence-electron chi connectivity index (χ0n) is 39.9. The molecule has 8 nitrogen and oxygen atoms in total. The van der Waals surface area contributed by atoms with Gasteiger partial charge in [0.25, 0.3) is 0 Å². The van der Waals surface area contributed by atoms with Crippen molar-refractivity contribution in [1.29, 1.82) is 0 Å². The van der Waals surface area contributed by atoms with Gasteiger partial charge in [0.15, 0.2) is 0 Å². The summed E-state index contributed by atoms with van der Waals surface area (Å²) in [6, 6.07) is -0.866. The third kappa shape index (κ3) is 45.5. The fraction of sp³-hybridized carbons (Fsp3) is 0.712. The monoisotopic (exact) mass is 874 g/mol. The Balaban J connectivity index is 4.15. The molecule has 0 saturated carbocycles. The van der Waals surface area contributed by atoms with Gasteiger partial charge in [-0.2, -0.15) is 0 Å². The predicted molar refractivity (Wildman–Crippen MR) is 263 cm³/mol. The van der Waals surface area contributed by atoms with Crippen LogP contribution in [0.1, 0.15) is 187 Å². The van der Waals surface area contributed by atoms with Gasteiger partial charge in [0.05, 0.1) is 39.9 Å². The van der Waals surface area contributed by atoms with Gasteiger partial charge in [-0.25, -0.2) is 4.57 Å². The van der Waals surface area contributed by atoms with Gasteiger partial charge >= 0.3 is 7.82 Å². The van der Waals surface area contributed by atoms with Gasteiger partial charge in [-0.1, -0.05) is 189 Å². The molecule has 3 N–H and O–H groups in total. The molecular formula is C52H94N2O6P+. The third-order valence-electron chi connectivity index (χ3n) is 10.3. The summed E-state index contributed by atoms with van der Waals surface area (Å²) in [5.74, 6) is -0.194. The summed E-state index contributed by atoms with van der Waals surface area (Å²) >= 11 is 0. The summed E-state index contributed by atoms with van der Waals surface area (Å²) in [6.07, 6.45) is 59.6. The number of likely N-dealkylation sites (N-methyl/N-ethyl adjacent to an activating group) is 1. The Labute approximate surface area is 376 Å². The van der Waals surface area contributed by atoms with Crippen molar-refractivity contribution in [3.8, 4) is 0 Å². The van der Waals surface area contributed by atoms with Crippen molar-refractivity contribution >= 4 is 13.7 Å². The average Bonchev–Trinajstić information content (AvgIpc) is 3.21. The summed E-state index contributed by atoms with van der Waals surface area (Å²) in [5.41, 5.74) is 0. The van der Waals surface area contributed by atoms with E-state index in [1.54, 1.807) is 6.08 Å². The van der Waals surface area contributed by atoms with Gasteiger partial charge in [-0.15, -0.1) is 0 Å². The van der Waals surface area contributed by atoms with Crippen LogP contribution in [0, 0.1) is 0 Å². The highest BCUT2D eigenvalue weighted by molar-refractivity contribution is 7.47. The molecule has 0 heterocycles. The minimum Gasteiger partial charge on any atom is -0.387 e. The molecule has 352 valence electrons. The SMILES string of the molecule is CC/C=C\C/C=C\C/C=C\C/C=C\C/C=C\CCCCCCCCCCCCCCCC(=O)NC(COP(=O)(O)OCC[N+](C)(C)C)C(O)/C=C/CC/C=C/CCCCCC. The van der Waals surface area contributed by atoms with Crippen LogP contribution in [0.5, 0.6) is 0 Å². The number of phosphoric acid groups is 1. The molecule has 9 heteroatoms. The van der Waals surface area contributed by atoms with Gasteiger partial charge in [0.1, 0.15) is 13.2 Å². The lowest BCUT2D eigenvalue weighted by Gasteiger charge is -2.25. The van der Waals surface area contributed by atoms with Gasteiger partial charge in [-0.3, -0.25) is 13.8 Å². The molecule has 0 aliphatic heterocycles. The van der Waals surface area contributed by atoms with E-state index >= 15 is 0 Å². The number of aliphatic hydroxyl groups excluding tert-OH is 1. The third-order valence-corrected chi connectivity index (χ3v) is 11.3. The van der Waals surface area contributed by atoms with Crippen LogP contribution in [0.25, 0.3) is 0 Å². The van der Waals surface area contributed by atoms with Gasteiger partial charge < -0.3 is 19.8 Å². The molecule has 0 aromatic rings. The molecule has 0 radical (unpaired) electrons. The van der Waals surface area contributed by atoms with E-state index < -0.39 is 20.0 Å². The number of quaternary nitrogens is 1. The van der Waals surface area contributed by atoms with Crippen molar-refractivity contribution in [3.05, 3.63) is 85.1 Å². The van der Waals surface area contributed by atoms with E-state index in [2.05, 4.69) is 92.1 Å². The lowest BCUT2D eigenvalue weighted by Crippen LogP contribution is -2.45. The maximum Gasteiger partial charge on any atom is 0.472 e. The van der Waals surface area contributed by atoms with E-state index in [1.807, 2.05) is 27.2 Å². The highest BCUT2D eigenvalue weighted by Crippen LogP contribution is 2.43. The molecule has 0 saturated heterocycles. The fourth-order valence-electron chi connectivity index (χ4n) is 6.49. The van der Waals surface area contributed by atoms with Crippen molar-refractivity contribution < 1.29 is 32.9 Å². The molecule has 0 fully saturated rings. The first-order chi connectivity index (χ1) is 29.5. The molecule has 0 rings (SSSR count). The quantitative estimate of drug-likeness (QED) is 0.0244. The number of hydrogen-bond donors (Lipinski definition) is 3. The second-order valence-electron chi connectivity index (χ2n) is 17.4. The van der Waals surface area contributed by atoms with Crippen LogP contribution >= 0.6 is 7.82 Å². The molecule has 0 aromatic carbocycles. The Morgan fingerprint density at radius 3 is 1.51 bits per heavy atom. The molecule has 3 atom stereocenters. The first-order valence-electron chi connectivity index (χ1n) is 24.5. The van der Waals surface area contributed by atoms with Crippen molar-refractivity contribution in [2.75, 3.05) is 40.9 Å². The Morgan fingerprint density at radius 1 is 0.574 bits per heavy atom. The first kappa shape index (κ1) is 58.7. The summed E-state index contributed by atoms with van der Waals surface area (Å²) in [4.78, 5) is 23.1. The Kier molecular flexibility index (Phi) is 41.3. The number of hydrogen-bond acceptors (Lipinski definition) is 5. The zero-order valence-corrected chi connectivity index (χ0v) is 40.8. The van der Waals surface area contributed by atoms with Gasteiger partial charge in [0, 0.05) is 6.42 Å². The van der Waals surface area contributed by atoms with Crippen LogP contribution < -0.4 is 5.32 Å². The number of allylic oxidation sites excluding steroid dienone is 13. The van der Waals surface area contributed by atoms with Crippen molar-refractivity contribution in [3.63, 3.8) is 0 Å². The van der Waals surface area contributed by atoms with E-state index in [0.29, 0.717) is 17.4 Å². The molecule has 1 amide bonds. The first-order valence-corrected chi connectivity index (χ1v) is 26.0. The lowest BCUT2D eigenvalue weighted by atomic mass is 10.0. The lowest BCUT2D eigenvalue weighted by molar-refractivity contribution is -0.870. The van der Waals surface area contributed by atoms with E-state index in [4.69, 9.17) is 9.05 Å². The second kappa shape index (κ2) is 43.0. The van der Waals surface area contributed by atoms with Crippen molar-refractivity contribution in [2.24, 2.45) is 0 Å². The van der Waals surface area contributed by atoms with Crippen LogP contribution in [0.3, 0.4) is 0 Å². The standard InChI is InChI=1S/C52H93N2O6P/c1-6-8-10-12-14-16-18-19-20-21-22-23-24-25-26-27-28-29-30-31-32-33-34-35-36-38-40-42-44-46-52(56)53-50(49-60-61(57,58)59-48-47-54(3,4)5)51(55)45-43-41-39-37-17-15-13-11-9-7-2/h8,10,14,16-17,19-20,22-23,25-26,37,43,45,50-51,55H,6-7,9,11-13,15,18,21,24,27-36,38-42,44,46-49H2,1-5H3,(H-,53,56,57,58)/p+1/b10-8-,16-14-,20-19-,23-22-,26-25-,37-17+,45-43+. The second-order valence-corrected chi connectivity index (χ2v) is 18.9. The molecule has 0 aromatic heterocycles. The Bertz CT molecular complexity index is 1260. The topological polar surface area (TPSA) is 105 Å². The van der Waals surface area contributed by atoms with Gasteiger partial charge in [0.2, 0.25) is 5.91 Å². The number of carbonyl (C=O) groups excluding carboxylic acids is 1. The predicted octanol–water partition coefficient (Wildman–Crippen LogP) is 14.1. The zero-order chi connectivity index (χ0) is 45.0. The van der Waals surface area contributed by atoms with Crippen LogP contribution in [0.2, 0.25) is 0 Å². The number of rotatable bonds is 43. The van der Waals surface area contributed by atoms with Crippen molar-refractivity contribution in [1.82, 2.24) is 5.32 Å². The number of phosphoric ester groups is 1. The Hall–Kier alpha value is -2.32. The van der Waals surface area contributed by atoms with Gasteiger partial charge in [-0.05, 0) is 77.0 Å². The largest absolute Gasteiger partial charge is 0.472 e. The van der Waals surface area contributed by atoms with Crippen molar-refractivity contribution in [2.45, 2.75) is 199 Å². The van der Waals surface area contributed by atoms with E-state index in [-0.39, 0.29) is 19.1 Å². The average molecular weight is 874 g/mol. The number of nitrogens with one attached hydrogen (secondary N) is 1. The fourth-order valence-corrected chi connectivity index (χ4v) is 7.23. The minimum absolute atomic E-state index is 0.0524. The smallest absolute Gasteiger partial charge is 0.387 e. The summed E-state index contributed by atoms with van der Waals surface area (Å²) in [5, 5.41) is 13.8. The van der Waals surface area contributed by atoms with Crippen LogP contribution in [0.15, 0.2) is 85.1 Å². The maximum atomic E-state index is 12.9. The molecule has 0 aliphatic rings. The molecular weight excluding hydrogens is 780 g/mol. The summed E-state index contributed by atoms with van der Waals surface area (Å²) < 4.78 is 23.5. The van der Waals surface area contributed by atoms with E-state index in [1.165, 1.54) is 96.3 Å². The summed E-state index contributed by atoms with van der Waals surface area (Å²) in [7, 11) is 1.54. The minimum atomic E-state index is -4.35. The number of carbonyl (C=O) groups is 1. The number of aliphatic hydroxyl groups is 1. The molecule has 3 unspecified atom stereocenters. The highest BCUT2D eigenvalue weighted by Gasteiger charge is 2.27. The Morgan fingerprint density at radius 2 is 1.00 bits per heavy atom. The van der Waals surface area contributed by atoms with Crippen LogP contribution in [-0.4, -0.2) is 73.4 Å². The number of unbranched alkanes of at least 4 members (excludes halogenated alkanes) is 18. The maximum absolute atomic E-state index is 12.9. The number of nitrogens with zero attached hydrogens (tertiary/aromatic N) is 1. The van der Waals surface area contributed by atoms with E-state index in [0.717, 1.165) is 70.6 Å². The van der Waals surface area contributed by atoms with E-state index in [9.17, 15) is 19.4 Å². The number of amides is 1. The molecule has 0 bridgehead atoms. The molecule has 0 spiro atoms. The van der Waals surface area contributed by atoms with Crippen LogP contribution in [-0.2, 0) is 18.4 Å². The molecule has 61 heavy (non-hydrogen) atoms. The summed E-state index contributed by atoms with van der Waals surface area (Å²) in [6.45, 7) is 4.62. The molecule has 0 aliphatic carbocycles. The highest BCUT2D eigenvalue weighted by atomic mass is 31.2. The normalized spacial score (nSPS) is 14.9. The van der Waals surface area contributed by atoms with Crippen LogP contribution in [0.4, 0.5) is 0 Å².